The molecule has 3 rings (SSSR count). The quantitative estimate of drug-likeness (QED) is 0.825. The number of anilines is 1. The van der Waals surface area contributed by atoms with Crippen molar-refractivity contribution in [3.8, 4) is 5.75 Å². The first-order valence-corrected chi connectivity index (χ1v) is 7.74. The van der Waals surface area contributed by atoms with Gasteiger partial charge in [0.05, 0.1) is 12.7 Å². The minimum atomic E-state index is -0.0704. The van der Waals surface area contributed by atoms with Gasteiger partial charge < -0.3 is 9.64 Å². The second-order valence-corrected chi connectivity index (χ2v) is 5.97. The lowest BCUT2D eigenvalue weighted by molar-refractivity contribution is 0.0972. The van der Waals surface area contributed by atoms with Gasteiger partial charge in [-0.15, -0.1) is 0 Å². The van der Waals surface area contributed by atoms with Crippen LogP contribution in [-0.4, -0.2) is 19.1 Å². The van der Waals surface area contributed by atoms with Crippen LogP contribution in [-0.2, 0) is 6.42 Å². The van der Waals surface area contributed by atoms with E-state index >= 15 is 0 Å². The Morgan fingerprint density at radius 3 is 2.82 bits per heavy atom. The van der Waals surface area contributed by atoms with Crippen LogP contribution >= 0.6 is 11.6 Å². The van der Waals surface area contributed by atoms with Gasteiger partial charge in [0, 0.05) is 16.8 Å². The highest BCUT2D eigenvalue weighted by Gasteiger charge is 2.30. The number of amides is 1. The molecule has 22 heavy (non-hydrogen) atoms. The zero-order valence-electron chi connectivity index (χ0n) is 12.7. The van der Waals surface area contributed by atoms with Crippen molar-refractivity contribution >= 4 is 23.2 Å². The van der Waals surface area contributed by atoms with E-state index in [0.717, 1.165) is 18.5 Å². The lowest BCUT2D eigenvalue weighted by atomic mass is 9.95. The Hall–Kier alpha value is -2.00. The van der Waals surface area contributed by atoms with Crippen LogP contribution in [0.1, 0.15) is 29.3 Å². The van der Waals surface area contributed by atoms with Crippen molar-refractivity contribution in [1.29, 1.82) is 0 Å². The van der Waals surface area contributed by atoms with E-state index in [1.807, 2.05) is 23.1 Å². The summed E-state index contributed by atoms with van der Waals surface area (Å²) in [7, 11) is 1.56. The van der Waals surface area contributed by atoms with E-state index in [4.69, 9.17) is 16.3 Å². The average molecular weight is 316 g/mol. The lowest BCUT2D eigenvalue weighted by Crippen LogP contribution is -2.42. The fraction of sp³-hybridized carbons (Fsp3) is 0.278. The van der Waals surface area contributed by atoms with Gasteiger partial charge in [-0.25, -0.2) is 0 Å². The van der Waals surface area contributed by atoms with Crippen molar-refractivity contribution in [2.24, 2.45) is 0 Å². The molecule has 1 atom stereocenters. The molecular weight excluding hydrogens is 298 g/mol. The molecule has 0 fully saturated rings. The maximum atomic E-state index is 13.1. The van der Waals surface area contributed by atoms with Crippen LogP contribution in [0, 0.1) is 0 Å². The highest BCUT2D eigenvalue weighted by molar-refractivity contribution is 6.31. The van der Waals surface area contributed by atoms with Gasteiger partial charge in [0.2, 0.25) is 0 Å². The smallest absolute Gasteiger partial charge is 0.262 e. The largest absolute Gasteiger partial charge is 0.496 e. The molecule has 2 aromatic rings. The summed E-state index contributed by atoms with van der Waals surface area (Å²) in [4.78, 5) is 14.9. The predicted octanol–water partition coefficient (Wildman–Crippen LogP) is 4.33. The van der Waals surface area contributed by atoms with Crippen LogP contribution in [0.5, 0.6) is 5.75 Å². The van der Waals surface area contributed by atoms with Gasteiger partial charge in [0.25, 0.3) is 5.91 Å². The summed E-state index contributed by atoms with van der Waals surface area (Å²) in [6.45, 7) is 2.07. The van der Waals surface area contributed by atoms with Crippen molar-refractivity contribution in [3.05, 3.63) is 58.6 Å². The molecule has 0 aliphatic carbocycles. The summed E-state index contributed by atoms with van der Waals surface area (Å²) in [5.74, 6) is 0.476. The molecule has 1 aliphatic heterocycles. The molecule has 2 aromatic carbocycles. The number of carbonyl (C=O) groups excluding carboxylic acids is 1. The molecule has 1 heterocycles. The Balaban J connectivity index is 2.07. The molecule has 0 saturated heterocycles. The fourth-order valence-electron chi connectivity index (χ4n) is 2.97. The summed E-state index contributed by atoms with van der Waals surface area (Å²) >= 11 is 6.07. The number of rotatable bonds is 2. The molecule has 0 bridgehead atoms. The number of methoxy groups -OCH3 is 1. The van der Waals surface area contributed by atoms with Crippen LogP contribution in [0.25, 0.3) is 0 Å². The van der Waals surface area contributed by atoms with Gasteiger partial charge in [-0.1, -0.05) is 29.8 Å². The summed E-state index contributed by atoms with van der Waals surface area (Å²) in [5.41, 5.74) is 2.68. The van der Waals surface area contributed by atoms with E-state index < -0.39 is 0 Å². The molecular formula is C18H18ClNO2. The number of para-hydroxylation sites is 1. The first-order valence-electron chi connectivity index (χ1n) is 7.37. The van der Waals surface area contributed by atoms with E-state index in [2.05, 4.69) is 13.0 Å². The van der Waals surface area contributed by atoms with Gasteiger partial charge in [0.15, 0.2) is 0 Å². The lowest BCUT2D eigenvalue weighted by Gasteiger charge is -2.35. The van der Waals surface area contributed by atoms with Crippen molar-refractivity contribution in [1.82, 2.24) is 0 Å². The zero-order valence-corrected chi connectivity index (χ0v) is 13.4. The summed E-state index contributed by atoms with van der Waals surface area (Å²) in [6, 6.07) is 13.3. The van der Waals surface area contributed by atoms with Crippen molar-refractivity contribution in [2.45, 2.75) is 25.8 Å². The maximum Gasteiger partial charge on any atom is 0.262 e. The molecule has 1 amide bonds. The zero-order chi connectivity index (χ0) is 15.7. The average Bonchev–Trinajstić information content (AvgIpc) is 2.54. The predicted molar refractivity (Wildman–Crippen MR) is 89.0 cm³/mol. The Labute approximate surface area is 135 Å². The normalized spacial score (nSPS) is 17.0. The van der Waals surface area contributed by atoms with E-state index in [-0.39, 0.29) is 11.9 Å². The molecule has 0 radical (unpaired) electrons. The van der Waals surface area contributed by atoms with Crippen molar-refractivity contribution < 1.29 is 9.53 Å². The van der Waals surface area contributed by atoms with Gasteiger partial charge >= 0.3 is 0 Å². The van der Waals surface area contributed by atoms with Crippen LogP contribution < -0.4 is 9.64 Å². The molecule has 0 N–H and O–H groups in total. The third-order valence-corrected chi connectivity index (χ3v) is 4.37. The van der Waals surface area contributed by atoms with Crippen molar-refractivity contribution in [3.63, 3.8) is 0 Å². The standard InChI is InChI=1S/C18H18ClNO2/c1-12-7-8-13-5-3-4-6-16(13)20(12)18(21)15-11-14(19)9-10-17(15)22-2/h3-6,9-12H,7-8H2,1-2H3. The number of benzene rings is 2. The van der Waals surface area contributed by atoms with Gasteiger partial charge in [0.1, 0.15) is 5.75 Å². The number of aryl methyl sites for hydroxylation is 1. The maximum absolute atomic E-state index is 13.1. The molecule has 1 unspecified atom stereocenters. The molecule has 114 valence electrons. The molecule has 0 spiro atoms. The summed E-state index contributed by atoms with van der Waals surface area (Å²) < 4.78 is 5.33. The number of ether oxygens (including phenoxy) is 1. The third-order valence-electron chi connectivity index (χ3n) is 4.13. The fourth-order valence-corrected chi connectivity index (χ4v) is 3.15. The van der Waals surface area contributed by atoms with E-state index in [1.54, 1.807) is 25.3 Å². The Kier molecular flexibility index (Phi) is 4.08. The van der Waals surface area contributed by atoms with Gasteiger partial charge in [-0.05, 0) is 49.6 Å². The van der Waals surface area contributed by atoms with E-state index in [9.17, 15) is 4.79 Å². The van der Waals surface area contributed by atoms with Crippen LogP contribution in [0.4, 0.5) is 5.69 Å². The first kappa shape index (κ1) is 14.9. The van der Waals surface area contributed by atoms with Crippen LogP contribution in [0.2, 0.25) is 5.02 Å². The second-order valence-electron chi connectivity index (χ2n) is 5.54. The highest BCUT2D eigenvalue weighted by Crippen LogP contribution is 2.34. The van der Waals surface area contributed by atoms with Gasteiger partial charge in [-0.2, -0.15) is 0 Å². The minimum absolute atomic E-state index is 0.0704. The Morgan fingerprint density at radius 2 is 2.05 bits per heavy atom. The van der Waals surface area contributed by atoms with Crippen LogP contribution in [0.3, 0.4) is 0 Å². The second kappa shape index (κ2) is 6.01. The minimum Gasteiger partial charge on any atom is -0.496 e. The van der Waals surface area contributed by atoms with Crippen molar-refractivity contribution in [2.75, 3.05) is 12.0 Å². The van der Waals surface area contributed by atoms with Crippen LogP contribution in [0.15, 0.2) is 42.5 Å². The number of fused-ring (bicyclic) bond motifs is 1. The third kappa shape index (κ3) is 2.57. The first-order chi connectivity index (χ1) is 10.6. The molecule has 0 saturated carbocycles. The number of carbonyl (C=O) groups is 1. The molecule has 1 aliphatic rings. The molecule has 3 nitrogen and oxygen atoms in total. The Morgan fingerprint density at radius 1 is 1.27 bits per heavy atom. The van der Waals surface area contributed by atoms with Gasteiger partial charge in [-0.3, -0.25) is 4.79 Å². The number of hydrogen-bond donors (Lipinski definition) is 0. The topological polar surface area (TPSA) is 29.5 Å². The SMILES string of the molecule is COc1ccc(Cl)cc1C(=O)N1c2ccccc2CCC1C. The van der Waals surface area contributed by atoms with E-state index in [0.29, 0.717) is 16.3 Å². The monoisotopic (exact) mass is 315 g/mol. The number of nitrogens with zero attached hydrogens (tertiary/aromatic N) is 1. The molecule has 0 aromatic heterocycles. The highest BCUT2D eigenvalue weighted by atomic mass is 35.5. The molecule has 4 heteroatoms. The summed E-state index contributed by atoms with van der Waals surface area (Å²) in [5, 5.41) is 0.530. The van der Waals surface area contributed by atoms with E-state index in [1.165, 1.54) is 5.56 Å². The number of halogens is 1. The summed E-state index contributed by atoms with van der Waals surface area (Å²) in [6.07, 6.45) is 1.94. The Bertz CT molecular complexity index is 714. The number of hydrogen-bond acceptors (Lipinski definition) is 2.